The molecule has 0 heterocycles. The van der Waals surface area contributed by atoms with Crippen LogP contribution in [-0.2, 0) is 31.9 Å². The molecule has 0 bridgehead atoms. The number of anilines is 3. The highest BCUT2D eigenvalue weighted by molar-refractivity contribution is 5.82. The molecular weight excluding hydrogens is 490 g/mol. The summed E-state index contributed by atoms with van der Waals surface area (Å²) < 4.78 is 15.7. The van der Waals surface area contributed by atoms with E-state index in [4.69, 9.17) is 14.2 Å². The molecule has 0 atom stereocenters. The first-order valence-corrected chi connectivity index (χ1v) is 13.2. The second kappa shape index (κ2) is 15.8. The van der Waals surface area contributed by atoms with Crippen molar-refractivity contribution < 1.29 is 23.8 Å². The lowest BCUT2D eigenvalue weighted by atomic mass is 10.1. The lowest BCUT2D eigenvalue weighted by Gasteiger charge is -2.26. The van der Waals surface area contributed by atoms with Crippen LogP contribution in [0.15, 0.2) is 97.1 Å². The molecule has 204 valence electrons. The minimum Gasteiger partial charge on any atom is -0.497 e. The first-order chi connectivity index (χ1) is 19.0. The minimum atomic E-state index is -0.304. The Hall–Kier alpha value is -4.32. The lowest BCUT2D eigenvalue weighted by molar-refractivity contribution is -0.138. The van der Waals surface area contributed by atoms with Gasteiger partial charge in [-0.05, 0) is 99.2 Å². The van der Waals surface area contributed by atoms with Gasteiger partial charge in [-0.2, -0.15) is 0 Å². The Morgan fingerprint density at radius 2 is 1.03 bits per heavy atom. The number of hydrogen-bond donors (Lipinski definition) is 0. The fraction of sp³-hybridized carbons (Fsp3) is 0.273. The van der Waals surface area contributed by atoms with Crippen molar-refractivity contribution in [2.45, 2.75) is 39.5 Å². The van der Waals surface area contributed by atoms with E-state index < -0.39 is 0 Å². The van der Waals surface area contributed by atoms with E-state index in [0.29, 0.717) is 13.2 Å². The predicted molar refractivity (Wildman–Crippen MR) is 156 cm³/mol. The average Bonchev–Trinajstić information content (AvgIpc) is 2.96. The predicted octanol–water partition coefficient (Wildman–Crippen LogP) is 7.27. The number of methoxy groups -OCH3 is 1. The van der Waals surface area contributed by atoms with Gasteiger partial charge in [-0.15, -0.1) is 0 Å². The molecule has 3 rings (SSSR count). The smallest absolute Gasteiger partial charge is 0.330 e. The molecule has 0 aliphatic heterocycles. The number of carbonyl (C=O) groups excluding carboxylic acids is 2. The van der Waals surface area contributed by atoms with Crippen molar-refractivity contribution in [3.05, 3.63) is 108 Å². The van der Waals surface area contributed by atoms with Gasteiger partial charge >= 0.3 is 11.9 Å². The maximum Gasteiger partial charge on any atom is 0.330 e. The van der Waals surface area contributed by atoms with Crippen LogP contribution in [-0.4, -0.2) is 32.3 Å². The molecule has 0 aromatic heterocycles. The first-order valence-electron chi connectivity index (χ1n) is 13.2. The molecule has 39 heavy (non-hydrogen) atoms. The van der Waals surface area contributed by atoms with Gasteiger partial charge in [-0.3, -0.25) is 0 Å². The number of aryl methyl sites for hydroxylation is 2. The first kappa shape index (κ1) is 29.2. The van der Waals surface area contributed by atoms with Crippen LogP contribution in [0, 0.1) is 0 Å². The Labute approximate surface area is 231 Å². The van der Waals surface area contributed by atoms with Crippen LogP contribution < -0.4 is 9.64 Å². The monoisotopic (exact) mass is 527 g/mol. The number of esters is 2. The lowest BCUT2D eigenvalue weighted by Crippen LogP contribution is -2.10. The fourth-order valence-corrected chi connectivity index (χ4v) is 4.07. The van der Waals surface area contributed by atoms with E-state index in [9.17, 15) is 9.59 Å². The molecule has 0 saturated heterocycles. The van der Waals surface area contributed by atoms with Crippen molar-refractivity contribution in [3.63, 3.8) is 0 Å². The second-order valence-electron chi connectivity index (χ2n) is 8.91. The number of rotatable bonds is 14. The van der Waals surface area contributed by atoms with E-state index in [2.05, 4.69) is 53.4 Å². The summed E-state index contributed by atoms with van der Waals surface area (Å²) in [7, 11) is 1.66. The zero-order valence-corrected chi connectivity index (χ0v) is 23.0. The van der Waals surface area contributed by atoms with Crippen LogP contribution >= 0.6 is 0 Å². The Balaban J connectivity index is 1.70. The second-order valence-corrected chi connectivity index (χ2v) is 8.91. The summed E-state index contributed by atoms with van der Waals surface area (Å²) in [6, 6.07) is 24.9. The molecule has 0 radical (unpaired) electrons. The molecule has 0 aliphatic carbocycles. The summed E-state index contributed by atoms with van der Waals surface area (Å²) in [4.78, 5) is 25.1. The summed E-state index contributed by atoms with van der Waals surface area (Å²) in [6.45, 7) is 4.38. The van der Waals surface area contributed by atoms with E-state index >= 15 is 0 Å². The van der Waals surface area contributed by atoms with E-state index in [1.165, 1.54) is 23.3 Å². The topological polar surface area (TPSA) is 65.1 Å². The Morgan fingerprint density at radius 1 is 0.641 bits per heavy atom. The number of nitrogens with zero attached hydrogens (tertiary/aromatic N) is 1. The number of hydrogen-bond acceptors (Lipinski definition) is 6. The highest BCUT2D eigenvalue weighted by Gasteiger charge is 2.13. The third kappa shape index (κ3) is 9.49. The average molecular weight is 528 g/mol. The minimum absolute atomic E-state index is 0.304. The highest BCUT2D eigenvalue weighted by Crippen LogP contribution is 2.35. The molecule has 0 aliphatic rings. The van der Waals surface area contributed by atoms with Crippen LogP contribution in [0.25, 0.3) is 0 Å². The molecule has 3 aromatic carbocycles. The quantitative estimate of drug-likeness (QED) is 0.125. The van der Waals surface area contributed by atoms with Gasteiger partial charge in [0, 0.05) is 29.2 Å². The van der Waals surface area contributed by atoms with Crippen molar-refractivity contribution >= 4 is 29.0 Å². The van der Waals surface area contributed by atoms with Gasteiger partial charge in [0.1, 0.15) is 5.75 Å². The number of allylic oxidation sites excluding steroid dienone is 2. The molecule has 6 nitrogen and oxygen atoms in total. The molecule has 0 spiro atoms. The van der Waals surface area contributed by atoms with Gasteiger partial charge in [0.05, 0.1) is 20.3 Å². The van der Waals surface area contributed by atoms with Crippen molar-refractivity contribution in [2.24, 2.45) is 0 Å². The maximum atomic E-state index is 11.5. The fourth-order valence-electron chi connectivity index (χ4n) is 4.07. The van der Waals surface area contributed by atoms with Crippen molar-refractivity contribution in [2.75, 3.05) is 25.2 Å². The largest absolute Gasteiger partial charge is 0.497 e. The molecule has 6 heteroatoms. The summed E-state index contributed by atoms with van der Waals surface area (Å²) in [6.07, 6.45) is 9.39. The normalized spacial score (nSPS) is 11.1. The maximum absolute atomic E-state index is 11.5. The van der Waals surface area contributed by atoms with Crippen LogP contribution in [0.2, 0.25) is 0 Å². The third-order valence-corrected chi connectivity index (χ3v) is 6.03. The van der Waals surface area contributed by atoms with Gasteiger partial charge in [0.2, 0.25) is 0 Å². The van der Waals surface area contributed by atoms with Crippen LogP contribution in [0.1, 0.15) is 37.8 Å². The zero-order valence-electron chi connectivity index (χ0n) is 23.0. The number of benzene rings is 3. The molecule has 3 aromatic rings. The van der Waals surface area contributed by atoms with Crippen molar-refractivity contribution in [1.29, 1.82) is 0 Å². The Morgan fingerprint density at radius 3 is 1.38 bits per heavy atom. The molecular formula is C33H37NO5. The third-order valence-electron chi connectivity index (χ3n) is 6.03. The van der Waals surface area contributed by atoms with E-state index in [1.54, 1.807) is 33.1 Å². The van der Waals surface area contributed by atoms with Crippen LogP contribution in [0.5, 0.6) is 5.75 Å². The molecule has 0 saturated carbocycles. The van der Waals surface area contributed by atoms with Gasteiger partial charge in [-0.1, -0.05) is 36.4 Å². The standard InChI is InChI=1S/C33H37NO5/c1-4-8-32(35)38-24-6-10-26-12-16-28(17-13-26)34(30-20-22-31(37-3)23-21-30)29-18-14-27(15-19-29)11-7-25-39-33(36)9-5-2/h4-5,8-9,12-23H,6-7,10-11,24-25H2,1-3H3/b8-4+,9-5+. The summed E-state index contributed by atoms with van der Waals surface area (Å²) >= 11 is 0. The Bertz CT molecular complexity index is 1150. The highest BCUT2D eigenvalue weighted by atomic mass is 16.5. The Kier molecular flexibility index (Phi) is 11.9. The molecule has 0 fully saturated rings. The SMILES string of the molecule is C/C=C/C(=O)OCCCc1ccc(N(c2ccc(CCCOC(=O)/C=C/C)cc2)c2ccc(OC)cc2)cc1. The number of carbonyl (C=O) groups is 2. The van der Waals surface area contributed by atoms with Crippen LogP contribution in [0.4, 0.5) is 17.1 Å². The van der Waals surface area contributed by atoms with Gasteiger partial charge < -0.3 is 19.1 Å². The molecule has 0 amide bonds. The van der Waals surface area contributed by atoms with Gasteiger partial charge in [-0.25, -0.2) is 9.59 Å². The molecule has 0 N–H and O–H groups in total. The van der Waals surface area contributed by atoms with Gasteiger partial charge in [0.15, 0.2) is 0 Å². The molecule has 0 unspecified atom stereocenters. The summed E-state index contributed by atoms with van der Waals surface area (Å²) in [5, 5.41) is 0. The van der Waals surface area contributed by atoms with E-state index in [1.807, 2.05) is 24.3 Å². The summed E-state index contributed by atoms with van der Waals surface area (Å²) in [5.41, 5.74) is 5.45. The van der Waals surface area contributed by atoms with Crippen molar-refractivity contribution in [1.82, 2.24) is 0 Å². The zero-order chi connectivity index (χ0) is 27.9. The number of ether oxygens (including phenoxy) is 3. The van der Waals surface area contributed by atoms with E-state index in [-0.39, 0.29) is 11.9 Å². The van der Waals surface area contributed by atoms with E-state index in [0.717, 1.165) is 48.5 Å². The summed E-state index contributed by atoms with van der Waals surface area (Å²) in [5.74, 6) is 0.193. The van der Waals surface area contributed by atoms with Crippen molar-refractivity contribution in [3.8, 4) is 5.75 Å². The van der Waals surface area contributed by atoms with Crippen LogP contribution in [0.3, 0.4) is 0 Å². The van der Waals surface area contributed by atoms with Gasteiger partial charge in [0.25, 0.3) is 0 Å².